The normalized spacial score (nSPS) is 32.8. The summed E-state index contributed by atoms with van der Waals surface area (Å²) in [5.41, 5.74) is 0.0190. The highest BCUT2D eigenvalue weighted by Gasteiger charge is 2.42. The molecule has 2 atom stereocenters. The minimum absolute atomic E-state index is 0.0190. The molecule has 0 aromatic carbocycles. The van der Waals surface area contributed by atoms with E-state index in [1.807, 2.05) is 12.1 Å². The molecule has 0 unspecified atom stereocenters. The van der Waals surface area contributed by atoms with E-state index in [4.69, 9.17) is 9.47 Å². The fraction of sp³-hybridized carbons (Fsp3) is 0.615. The van der Waals surface area contributed by atoms with Crippen LogP contribution in [0.3, 0.4) is 0 Å². The number of hydrogen-bond donors (Lipinski definition) is 1. The summed E-state index contributed by atoms with van der Waals surface area (Å²) in [5.74, 6) is 0.835. The second kappa shape index (κ2) is 4.63. The van der Waals surface area contributed by atoms with Gasteiger partial charge in [-0.2, -0.15) is 0 Å². The Morgan fingerprint density at radius 1 is 1.53 bits per heavy atom. The summed E-state index contributed by atoms with van der Waals surface area (Å²) in [5, 5.41) is 3.41. The Bertz CT molecular complexity index is 363. The molecule has 1 aromatic rings. The highest BCUT2D eigenvalue weighted by atomic mass is 16.6. The standard InChI is InChI=1S/C13H18N2O2/c1-3-11(8-14-5-1)17-12-7-13(16-9-12)4-2-6-15-10-13/h1,3,5,8,12,15H,2,4,6-7,9-10H2/t12-,13+/m1/s1. The molecule has 92 valence electrons. The lowest BCUT2D eigenvalue weighted by atomic mass is 9.90. The van der Waals surface area contributed by atoms with Gasteiger partial charge in [0.1, 0.15) is 11.9 Å². The number of ether oxygens (including phenoxy) is 2. The Labute approximate surface area is 101 Å². The first-order valence-electron chi connectivity index (χ1n) is 6.28. The van der Waals surface area contributed by atoms with Gasteiger partial charge in [-0.1, -0.05) is 0 Å². The van der Waals surface area contributed by atoms with Crippen LogP contribution in [0.1, 0.15) is 19.3 Å². The van der Waals surface area contributed by atoms with Gasteiger partial charge in [0.05, 0.1) is 18.4 Å². The van der Waals surface area contributed by atoms with Crippen molar-refractivity contribution in [1.82, 2.24) is 10.3 Å². The van der Waals surface area contributed by atoms with E-state index in [2.05, 4.69) is 10.3 Å². The minimum atomic E-state index is 0.0190. The van der Waals surface area contributed by atoms with Crippen LogP contribution in [-0.4, -0.2) is 36.4 Å². The third kappa shape index (κ3) is 2.42. The second-order valence-electron chi connectivity index (χ2n) is 4.91. The number of hydrogen-bond acceptors (Lipinski definition) is 4. The molecular formula is C13H18N2O2. The minimum Gasteiger partial charge on any atom is -0.486 e. The van der Waals surface area contributed by atoms with Gasteiger partial charge >= 0.3 is 0 Å². The van der Waals surface area contributed by atoms with Crippen molar-refractivity contribution in [2.75, 3.05) is 19.7 Å². The van der Waals surface area contributed by atoms with Crippen molar-refractivity contribution in [1.29, 1.82) is 0 Å². The maximum Gasteiger partial charge on any atom is 0.138 e. The number of nitrogens with zero attached hydrogens (tertiary/aromatic N) is 1. The zero-order chi connectivity index (χ0) is 11.6. The molecule has 17 heavy (non-hydrogen) atoms. The summed E-state index contributed by atoms with van der Waals surface area (Å²) >= 11 is 0. The van der Waals surface area contributed by atoms with Gasteiger partial charge in [-0.05, 0) is 31.5 Å². The Morgan fingerprint density at radius 3 is 3.29 bits per heavy atom. The Hall–Kier alpha value is -1.13. The fourth-order valence-electron chi connectivity index (χ4n) is 2.73. The average molecular weight is 234 g/mol. The van der Waals surface area contributed by atoms with E-state index in [9.17, 15) is 0 Å². The highest BCUT2D eigenvalue weighted by molar-refractivity contribution is 5.16. The fourth-order valence-corrected chi connectivity index (χ4v) is 2.73. The van der Waals surface area contributed by atoms with E-state index in [0.717, 1.165) is 31.7 Å². The summed E-state index contributed by atoms with van der Waals surface area (Å²) in [6.45, 7) is 2.76. The third-order valence-electron chi connectivity index (χ3n) is 3.55. The van der Waals surface area contributed by atoms with Gasteiger partial charge in [0.25, 0.3) is 0 Å². The van der Waals surface area contributed by atoms with Crippen molar-refractivity contribution in [2.45, 2.75) is 31.0 Å². The van der Waals surface area contributed by atoms with Gasteiger partial charge < -0.3 is 14.8 Å². The van der Waals surface area contributed by atoms with Crippen LogP contribution >= 0.6 is 0 Å². The van der Waals surface area contributed by atoms with Gasteiger partial charge in [-0.25, -0.2) is 0 Å². The Morgan fingerprint density at radius 2 is 2.53 bits per heavy atom. The Kier molecular flexibility index (Phi) is 2.99. The molecule has 3 rings (SSSR count). The van der Waals surface area contributed by atoms with Crippen LogP contribution in [-0.2, 0) is 4.74 Å². The van der Waals surface area contributed by atoms with Crippen molar-refractivity contribution in [3.05, 3.63) is 24.5 Å². The summed E-state index contributed by atoms with van der Waals surface area (Å²) in [7, 11) is 0. The van der Waals surface area contributed by atoms with E-state index < -0.39 is 0 Å². The summed E-state index contributed by atoms with van der Waals surface area (Å²) < 4.78 is 11.8. The molecule has 0 saturated carbocycles. The molecule has 0 bridgehead atoms. The van der Waals surface area contributed by atoms with Crippen molar-refractivity contribution in [3.63, 3.8) is 0 Å². The smallest absolute Gasteiger partial charge is 0.138 e. The molecule has 0 aliphatic carbocycles. The Balaban J connectivity index is 1.60. The lowest BCUT2D eigenvalue weighted by Gasteiger charge is -2.32. The van der Waals surface area contributed by atoms with E-state index >= 15 is 0 Å². The molecule has 2 aliphatic heterocycles. The topological polar surface area (TPSA) is 43.4 Å². The predicted molar refractivity (Wildman–Crippen MR) is 64.1 cm³/mol. The summed E-state index contributed by atoms with van der Waals surface area (Å²) in [6, 6.07) is 3.83. The van der Waals surface area contributed by atoms with E-state index in [0.29, 0.717) is 6.61 Å². The van der Waals surface area contributed by atoms with Crippen molar-refractivity contribution < 1.29 is 9.47 Å². The van der Waals surface area contributed by atoms with Gasteiger partial charge in [-0.15, -0.1) is 0 Å². The molecule has 2 aliphatic rings. The number of pyridine rings is 1. The first-order valence-corrected chi connectivity index (χ1v) is 6.28. The molecule has 3 heterocycles. The van der Waals surface area contributed by atoms with Crippen LogP contribution < -0.4 is 10.1 Å². The van der Waals surface area contributed by atoms with E-state index in [-0.39, 0.29) is 11.7 Å². The number of piperidine rings is 1. The maximum absolute atomic E-state index is 5.96. The molecular weight excluding hydrogens is 216 g/mol. The quantitative estimate of drug-likeness (QED) is 0.839. The lowest BCUT2D eigenvalue weighted by Crippen LogP contribution is -2.45. The van der Waals surface area contributed by atoms with Gasteiger partial charge in [0.2, 0.25) is 0 Å². The molecule has 0 radical (unpaired) electrons. The predicted octanol–water partition coefficient (Wildman–Crippen LogP) is 1.37. The zero-order valence-corrected chi connectivity index (χ0v) is 9.89. The van der Waals surface area contributed by atoms with E-state index in [1.54, 1.807) is 12.4 Å². The summed E-state index contributed by atoms with van der Waals surface area (Å²) in [6.07, 6.45) is 7.00. The van der Waals surface area contributed by atoms with Gasteiger partial charge in [0, 0.05) is 19.2 Å². The van der Waals surface area contributed by atoms with E-state index in [1.165, 1.54) is 6.42 Å². The number of nitrogens with one attached hydrogen (secondary N) is 1. The lowest BCUT2D eigenvalue weighted by molar-refractivity contribution is -0.0153. The van der Waals surface area contributed by atoms with Crippen LogP contribution in [0.4, 0.5) is 0 Å². The first-order chi connectivity index (χ1) is 8.36. The molecule has 0 amide bonds. The molecule has 1 spiro atoms. The molecule has 2 saturated heterocycles. The van der Waals surface area contributed by atoms with Crippen LogP contribution in [0.25, 0.3) is 0 Å². The summed E-state index contributed by atoms with van der Waals surface area (Å²) in [4.78, 5) is 4.05. The second-order valence-corrected chi connectivity index (χ2v) is 4.91. The average Bonchev–Trinajstić information content (AvgIpc) is 2.74. The van der Waals surface area contributed by atoms with Crippen LogP contribution in [0.2, 0.25) is 0 Å². The molecule has 4 nitrogen and oxygen atoms in total. The molecule has 4 heteroatoms. The van der Waals surface area contributed by atoms with Gasteiger partial charge in [-0.3, -0.25) is 4.98 Å². The van der Waals surface area contributed by atoms with Crippen molar-refractivity contribution in [3.8, 4) is 5.75 Å². The first kappa shape index (κ1) is 11.0. The van der Waals surface area contributed by atoms with Crippen molar-refractivity contribution >= 4 is 0 Å². The van der Waals surface area contributed by atoms with Crippen LogP contribution in [0, 0.1) is 0 Å². The monoisotopic (exact) mass is 234 g/mol. The maximum atomic E-state index is 5.96. The van der Waals surface area contributed by atoms with Crippen molar-refractivity contribution in [2.24, 2.45) is 0 Å². The highest BCUT2D eigenvalue weighted by Crippen LogP contribution is 2.33. The molecule has 2 fully saturated rings. The largest absolute Gasteiger partial charge is 0.486 e. The zero-order valence-electron chi connectivity index (χ0n) is 9.89. The van der Waals surface area contributed by atoms with Crippen LogP contribution in [0.15, 0.2) is 24.5 Å². The molecule has 1 N–H and O–H groups in total. The van der Waals surface area contributed by atoms with Gasteiger partial charge in [0.15, 0.2) is 0 Å². The van der Waals surface area contributed by atoms with Crippen LogP contribution in [0.5, 0.6) is 5.75 Å². The SMILES string of the molecule is c1cncc(O[C@H]2CO[C@@]3(CCCNC3)C2)c1. The third-order valence-corrected chi connectivity index (χ3v) is 3.55. The number of rotatable bonds is 2. The number of aromatic nitrogens is 1. The molecule has 1 aromatic heterocycles.